The van der Waals surface area contributed by atoms with Crippen LogP contribution in [0.2, 0.25) is 0 Å². The predicted molar refractivity (Wildman–Crippen MR) is 66.8 cm³/mol. The lowest BCUT2D eigenvalue weighted by Crippen LogP contribution is -2.47. The lowest BCUT2D eigenvalue weighted by molar-refractivity contribution is -0.0179. The van der Waals surface area contributed by atoms with E-state index in [0.29, 0.717) is 11.6 Å². The predicted octanol–water partition coefficient (Wildman–Crippen LogP) is 2.30. The van der Waals surface area contributed by atoms with Gasteiger partial charge in [-0.15, -0.1) is 0 Å². The molecule has 16 heavy (non-hydrogen) atoms. The molecule has 0 atom stereocenters. The smallest absolute Gasteiger partial charge is 0.0599 e. The third-order valence-electron chi connectivity index (χ3n) is 3.24. The highest BCUT2D eigenvalue weighted by molar-refractivity contribution is 4.81. The van der Waals surface area contributed by atoms with Crippen molar-refractivity contribution in [2.75, 3.05) is 33.4 Å². The number of methoxy groups -OCH3 is 1. The molecule has 0 radical (unpaired) electrons. The Morgan fingerprint density at radius 1 is 1.12 bits per heavy atom. The summed E-state index contributed by atoms with van der Waals surface area (Å²) in [7, 11) is 1.74. The van der Waals surface area contributed by atoms with Crippen LogP contribution in [0.3, 0.4) is 0 Å². The van der Waals surface area contributed by atoms with Gasteiger partial charge in [-0.3, -0.25) is 4.90 Å². The Labute approximate surface area is 100 Å². The van der Waals surface area contributed by atoms with E-state index in [-0.39, 0.29) is 0 Å². The van der Waals surface area contributed by atoms with Gasteiger partial charge in [0.1, 0.15) is 0 Å². The molecule has 1 saturated heterocycles. The average molecular weight is 229 g/mol. The van der Waals surface area contributed by atoms with E-state index in [1.165, 1.54) is 25.9 Å². The first-order valence-corrected chi connectivity index (χ1v) is 6.39. The maximum atomic E-state index is 5.84. The van der Waals surface area contributed by atoms with Crippen LogP contribution >= 0.6 is 0 Å². The van der Waals surface area contributed by atoms with E-state index in [1.54, 1.807) is 7.11 Å². The van der Waals surface area contributed by atoms with E-state index in [1.807, 2.05) is 0 Å². The molecule has 1 aliphatic heterocycles. The summed E-state index contributed by atoms with van der Waals surface area (Å²) in [6.07, 6.45) is 3.82. The topological polar surface area (TPSA) is 21.7 Å². The lowest BCUT2D eigenvalue weighted by Gasteiger charge is -2.40. The van der Waals surface area contributed by atoms with Gasteiger partial charge in [0.2, 0.25) is 0 Å². The quantitative estimate of drug-likeness (QED) is 0.675. The number of hydrogen-bond acceptors (Lipinski definition) is 3. The van der Waals surface area contributed by atoms with Crippen molar-refractivity contribution in [3.8, 4) is 0 Å². The molecule has 1 fully saturated rings. The molecule has 0 spiro atoms. The standard InChI is InChI=1S/C13H27NO2/c1-13(2,3)14-8-6-12(7-9-14)16-11-5-10-15-4/h12H,5-11H2,1-4H3. The van der Waals surface area contributed by atoms with E-state index in [9.17, 15) is 0 Å². The lowest BCUT2D eigenvalue weighted by atomic mass is 9.99. The Balaban J connectivity index is 2.12. The Morgan fingerprint density at radius 2 is 1.75 bits per heavy atom. The van der Waals surface area contributed by atoms with Crippen molar-refractivity contribution in [2.24, 2.45) is 0 Å². The molecule has 0 bridgehead atoms. The molecular formula is C13H27NO2. The molecule has 0 unspecified atom stereocenters. The summed E-state index contributed by atoms with van der Waals surface area (Å²) in [5, 5.41) is 0. The molecule has 1 aliphatic rings. The largest absolute Gasteiger partial charge is 0.385 e. The molecule has 0 amide bonds. The summed E-state index contributed by atoms with van der Waals surface area (Å²) in [6.45, 7) is 10.8. The minimum absolute atomic E-state index is 0.307. The molecule has 3 heteroatoms. The van der Waals surface area contributed by atoms with Gasteiger partial charge in [0.05, 0.1) is 6.10 Å². The molecule has 0 N–H and O–H groups in total. The van der Waals surface area contributed by atoms with Crippen LogP contribution in [0, 0.1) is 0 Å². The first-order chi connectivity index (χ1) is 7.54. The maximum Gasteiger partial charge on any atom is 0.0599 e. The van der Waals surface area contributed by atoms with E-state index >= 15 is 0 Å². The SMILES string of the molecule is COCCCOC1CCN(C(C)(C)C)CC1. The van der Waals surface area contributed by atoms with Crippen LogP contribution in [0.25, 0.3) is 0 Å². The molecular weight excluding hydrogens is 202 g/mol. The molecule has 0 saturated carbocycles. The average Bonchev–Trinajstić information content (AvgIpc) is 2.24. The molecule has 1 rings (SSSR count). The van der Waals surface area contributed by atoms with Gasteiger partial charge < -0.3 is 9.47 Å². The van der Waals surface area contributed by atoms with Crippen molar-refractivity contribution < 1.29 is 9.47 Å². The number of likely N-dealkylation sites (tertiary alicyclic amines) is 1. The summed E-state index contributed by atoms with van der Waals surface area (Å²) in [5.74, 6) is 0. The van der Waals surface area contributed by atoms with Crippen molar-refractivity contribution in [1.29, 1.82) is 0 Å². The van der Waals surface area contributed by atoms with Gasteiger partial charge in [0.15, 0.2) is 0 Å². The van der Waals surface area contributed by atoms with Gasteiger partial charge in [-0.2, -0.15) is 0 Å². The number of piperidine rings is 1. The molecule has 96 valence electrons. The summed E-state index contributed by atoms with van der Waals surface area (Å²) >= 11 is 0. The Hall–Kier alpha value is -0.120. The highest BCUT2D eigenvalue weighted by Crippen LogP contribution is 2.21. The fourth-order valence-corrected chi connectivity index (χ4v) is 2.15. The molecule has 0 aliphatic carbocycles. The highest BCUT2D eigenvalue weighted by Gasteiger charge is 2.26. The maximum absolute atomic E-state index is 5.84. The van der Waals surface area contributed by atoms with E-state index in [4.69, 9.17) is 9.47 Å². The van der Waals surface area contributed by atoms with Crippen molar-refractivity contribution >= 4 is 0 Å². The van der Waals surface area contributed by atoms with Crippen LogP contribution in [-0.2, 0) is 9.47 Å². The van der Waals surface area contributed by atoms with Gasteiger partial charge in [0, 0.05) is 39.0 Å². The van der Waals surface area contributed by atoms with Crippen molar-refractivity contribution in [1.82, 2.24) is 4.90 Å². The van der Waals surface area contributed by atoms with Gasteiger partial charge >= 0.3 is 0 Å². The molecule has 1 heterocycles. The number of rotatable bonds is 5. The Bertz CT molecular complexity index is 181. The summed E-state index contributed by atoms with van der Waals surface area (Å²) in [4.78, 5) is 2.54. The second-order valence-electron chi connectivity index (χ2n) is 5.57. The van der Waals surface area contributed by atoms with Gasteiger partial charge in [-0.1, -0.05) is 0 Å². The van der Waals surface area contributed by atoms with Crippen molar-refractivity contribution in [2.45, 2.75) is 51.7 Å². The second kappa shape index (κ2) is 6.58. The summed E-state index contributed by atoms with van der Waals surface area (Å²) in [6, 6.07) is 0. The van der Waals surface area contributed by atoms with Crippen LogP contribution in [-0.4, -0.2) is 50.0 Å². The van der Waals surface area contributed by atoms with Crippen LogP contribution in [0.5, 0.6) is 0 Å². The third-order valence-corrected chi connectivity index (χ3v) is 3.24. The molecule has 0 aromatic rings. The van der Waals surface area contributed by atoms with E-state index in [2.05, 4.69) is 25.7 Å². The highest BCUT2D eigenvalue weighted by atomic mass is 16.5. The van der Waals surface area contributed by atoms with Crippen LogP contribution in [0.15, 0.2) is 0 Å². The normalized spacial score (nSPS) is 20.2. The van der Waals surface area contributed by atoms with Gasteiger partial charge in [0.25, 0.3) is 0 Å². The fraction of sp³-hybridized carbons (Fsp3) is 1.00. The van der Waals surface area contributed by atoms with Crippen LogP contribution in [0.1, 0.15) is 40.0 Å². The minimum Gasteiger partial charge on any atom is -0.385 e. The molecule has 3 nitrogen and oxygen atoms in total. The van der Waals surface area contributed by atoms with Gasteiger partial charge in [-0.25, -0.2) is 0 Å². The van der Waals surface area contributed by atoms with E-state index < -0.39 is 0 Å². The van der Waals surface area contributed by atoms with Gasteiger partial charge in [-0.05, 0) is 40.0 Å². The Morgan fingerprint density at radius 3 is 2.25 bits per heavy atom. The summed E-state index contributed by atoms with van der Waals surface area (Å²) < 4.78 is 10.8. The number of ether oxygens (including phenoxy) is 2. The molecule has 0 aromatic heterocycles. The third kappa shape index (κ3) is 4.81. The zero-order valence-corrected chi connectivity index (χ0v) is 11.3. The van der Waals surface area contributed by atoms with Crippen molar-refractivity contribution in [3.05, 3.63) is 0 Å². The monoisotopic (exact) mass is 229 g/mol. The zero-order valence-electron chi connectivity index (χ0n) is 11.3. The minimum atomic E-state index is 0.307. The Kier molecular flexibility index (Phi) is 5.73. The number of nitrogens with zero attached hydrogens (tertiary/aromatic N) is 1. The fourth-order valence-electron chi connectivity index (χ4n) is 2.15. The second-order valence-corrected chi connectivity index (χ2v) is 5.57. The zero-order chi connectivity index (χ0) is 12.0. The van der Waals surface area contributed by atoms with Crippen molar-refractivity contribution in [3.63, 3.8) is 0 Å². The summed E-state index contributed by atoms with van der Waals surface area (Å²) in [5.41, 5.74) is 0.307. The number of hydrogen-bond donors (Lipinski definition) is 0. The van der Waals surface area contributed by atoms with Crippen LogP contribution in [0.4, 0.5) is 0 Å². The first kappa shape index (κ1) is 13.9. The molecule has 0 aromatic carbocycles. The first-order valence-electron chi connectivity index (χ1n) is 6.39. The van der Waals surface area contributed by atoms with Crippen LogP contribution < -0.4 is 0 Å². The van der Waals surface area contributed by atoms with E-state index in [0.717, 1.165) is 19.6 Å².